The third-order valence-electron chi connectivity index (χ3n) is 6.72. The minimum Gasteiger partial charge on any atom is -0.463 e. The highest BCUT2D eigenvalue weighted by molar-refractivity contribution is 5.95. The monoisotopic (exact) mass is 520 g/mol. The summed E-state index contributed by atoms with van der Waals surface area (Å²) in [4.78, 5) is 45.0. The topological polar surface area (TPSA) is 82.2 Å². The van der Waals surface area contributed by atoms with Gasteiger partial charge >= 0.3 is 12.0 Å². The fourth-order valence-corrected chi connectivity index (χ4v) is 4.86. The lowest BCUT2D eigenvalue weighted by molar-refractivity contribution is -0.139. The number of carbonyl (C=O) groups is 3. The number of nitrogens with one attached hydrogen (secondary N) is 1. The van der Waals surface area contributed by atoms with Gasteiger partial charge in [-0.05, 0) is 43.2 Å². The lowest BCUT2D eigenvalue weighted by Crippen LogP contribution is -2.51. The van der Waals surface area contributed by atoms with Crippen molar-refractivity contribution in [1.82, 2.24) is 20.0 Å². The highest BCUT2D eigenvalue weighted by Crippen LogP contribution is 2.32. The van der Waals surface area contributed by atoms with Crippen LogP contribution in [0.25, 0.3) is 0 Å². The largest absolute Gasteiger partial charge is 0.463 e. The number of hydrogen-bond acceptors (Lipinski definition) is 5. The Bertz CT molecular complexity index is 1200. The van der Waals surface area contributed by atoms with Gasteiger partial charge in [0.05, 0.1) is 18.2 Å². The zero-order chi connectivity index (χ0) is 27.1. The summed E-state index contributed by atoms with van der Waals surface area (Å²) in [5.41, 5.74) is 2.05. The molecule has 1 N–H and O–H groups in total. The second-order valence-corrected chi connectivity index (χ2v) is 9.20. The van der Waals surface area contributed by atoms with E-state index in [1.807, 2.05) is 35.2 Å². The third kappa shape index (κ3) is 6.11. The Kier molecular flexibility index (Phi) is 8.91. The first-order chi connectivity index (χ1) is 18.4. The smallest absolute Gasteiger partial charge is 0.338 e. The molecule has 2 aromatic rings. The number of amides is 3. The van der Waals surface area contributed by atoms with Crippen molar-refractivity contribution >= 4 is 17.9 Å². The molecule has 2 aliphatic rings. The fourth-order valence-electron chi connectivity index (χ4n) is 4.86. The van der Waals surface area contributed by atoms with Crippen LogP contribution in [0.2, 0.25) is 0 Å². The molecule has 0 bridgehead atoms. The van der Waals surface area contributed by atoms with Crippen molar-refractivity contribution < 1.29 is 23.5 Å². The van der Waals surface area contributed by atoms with Crippen LogP contribution in [0.5, 0.6) is 0 Å². The molecule has 0 saturated carbocycles. The standard InChI is InChI=1S/C29H33FN4O4/c1-3-15-34-24(20-32-16-8-17-33(19-18-32)27(35)22-9-6-5-7-10-22)25(28(36)38-4-2)26(31-29(34)37)21-11-13-23(30)14-12-21/h3,5-7,9-14,26H,1,4,8,15-20H2,2H3,(H,31,37). The van der Waals surface area contributed by atoms with Crippen LogP contribution in [0.4, 0.5) is 9.18 Å². The number of rotatable bonds is 8. The highest BCUT2D eigenvalue weighted by Gasteiger charge is 2.38. The predicted molar refractivity (Wildman–Crippen MR) is 142 cm³/mol. The van der Waals surface area contributed by atoms with Crippen molar-refractivity contribution in [2.45, 2.75) is 19.4 Å². The van der Waals surface area contributed by atoms with E-state index in [0.717, 1.165) is 6.42 Å². The van der Waals surface area contributed by atoms with Gasteiger partial charge in [0.25, 0.3) is 5.91 Å². The zero-order valence-corrected chi connectivity index (χ0v) is 21.6. The van der Waals surface area contributed by atoms with Gasteiger partial charge in [-0.2, -0.15) is 0 Å². The van der Waals surface area contributed by atoms with E-state index in [2.05, 4.69) is 16.8 Å². The minimum absolute atomic E-state index is 0.0134. The van der Waals surface area contributed by atoms with Crippen LogP contribution >= 0.6 is 0 Å². The molecular weight excluding hydrogens is 487 g/mol. The molecule has 1 unspecified atom stereocenters. The molecule has 9 heteroatoms. The Morgan fingerprint density at radius 2 is 1.82 bits per heavy atom. The van der Waals surface area contributed by atoms with Gasteiger partial charge < -0.3 is 15.0 Å². The van der Waals surface area contributed by atoms with Crippen molar-refractivity contribution in [1.29, 1.82) is 0 Å². The van der Waals surface area contributed by atoms with Crippen LogP contribution in [-0.4, -0.2) is 78.5 Å². The summed E-state index contributed by atoms with van der Waals surface area (Å²) in [7, 11) is 0. The SMILES string of the molecule is C=CCN1C(=O)NC(c2ccc(F)cc2)C(C(=O)OCC)=C1CN1CCCN(C(=O)c2ccccc2)CC1. The number of nitrogens with zero attached hydrogens (tertiary/aromatic N) is 3. The summed E-state index contributed by atoms with van der Waals surface area (Å²) < 4.78 is 19.1. The lowest BCUT2D eigenvalue weighted by Gasteiger charge is -2.38. The maximum atomic E-state index is 13.6. The van der Waals surface area contributed by atoms with Gasteiger partial charge in [0, 0.05) is 50.5 Å². The Morgan fingerprint density at radius 3 is 2.50 bits per heavy atom. The van der Waals surface area contributed by atoms with Crippen molar-refractivity contribution in [2.24, 2.45) is 0 Å². The molecule has 1 saturated heterocycles. The summed E-state index contributed by atoms with van der Waals surface area (Å²) in [6.45, 7) is 8.56. The molecule has 1 atom stereocenters. The second kappa shape index (κ2) is 12.5. The van der Waals surface area contributed by atoms with E-state index in [-0.39, 0.29) is 25.1 Å². The Labute approximate surface area is 222 Å². The maximum Gasteiger partial charge on any atom is 0.338 e. The Hall–Kier alpha value is -3.98. The molecule has 0 aliphatic carbocycles. The average Bonchev–Trinajstić information content (AvgIpc) is 3.16. The first-order valence-corrected chi connectivity index (χ1v) is 12.8. The number of urea groups is 1. The molecular formula is C29H33FN4O4. The van der Waals surface area contributed by atoms with Gasteiger partial charge in [-0.25, -0.2) is 14.0 Å². The zero-order valence-electron chi connectivity index (χ0n) is 21.6. The van der Waals surface area contributed by atoms with Crippen molar-refractivity contribution in [3.8, 4) is 0 Å². The summed E-state index contributed by atoms with van der Waals surface area (Å²) >= 11 is 0. The predicted octanol–water partition coefficient (Wildman–Crippen LogP) is 3.74. The average molecular weight is 521 g/mol. The summed E-state index contributed by atoms with van der Waals surface area (Å²) in [5, 5.41) is 2.88. The molecule has 0 aromatic heterocycles. The molecule has 1 fully saturated rings. The quantitative estimate of drug-likeness (QED) is 0.424. The van der Waals surface area contributed by atoms with E-state index in [0.29, 0.717) is 55.1 Å². The molecule has 200 valence electrons. The number of benzene rings is 2. The van der Waals surface area contributed by atoms with Crippen LogP contribution < -0.4 is 5.32 Å². The summed E-state index contributed by atoms with van der Waals surface area (Å²) in [6, 6.07) is 13.7. The van der Waals surface area contributed by atoms with Crippen LogP contribution in [0, 0.1) is 5.82 Å². The normalized spacial score (nSPS) is 18.6. The molecule has 38 heavy (non-hydrogen) atoms. The Morgan fingerprint density at radius 1 is 1.08 bits per heavy atom. The van der Waals surface area contributed by atoms with E-state index in [4.69, 9.17) is 4.74 Å². The molecule has 0 radical (unpaired) electrons. The maximum absolute atomic E-state index is 13.6. The first-order valence-electron chi connectivity index (χ1n) is 12.8. The lowest BCUT2D eigenvalue weighted by atomic mass is 9.94. The van der Waals surface area contributed by atoms with Gasteiger partial charge in [-0.3, -0.25) is 14.6 Å². The molecule has 2 aromatic carbocycles. The van der Waals surface area contributed by atoms with Crippen molar-refractivity contribution in [2.75, 3.05) is 45.9 Å². The number of carbonyl (C=O) groups excluding carboxylic acids is 3. The van der Waals surface area contributed by atoms with E-state index in [1.165, 1.54) is 17.0 Å². The number of halogens is 1. The van der Waals surface area contributed by atoms with E-state index < -0.39 is 17.8 Å². The van der Waals surface area contributed by atoms with Gasteiger partial charge in [0.15, 0.2) is 0 Å². The van der Waals surface area contributed by atoms with Crippen molar-refractivity contribution in [3.05, 3.63) is 95.5 Å². The summed E-state index contributed by atoms with van der Waals surface area (Å²) in [6.07, 6.45) is 2.35. The van der Waals surface area contributed by atoms with Crippen molar-refractivity contribution in [3.63, 3.8) is 0 Å². The van der Waals surface area contributed by atoms with Gasteiger partial charge in [0.1, 0.15) is 5.82 Å². The molecule has 8 nitrogen and oxygen atoms in total. The minimum atomic E-state index is -0.790. The van der Waals surface area contributed by atoms with Gasteiger partial charge in [0.2, 0.25) is 0 Å². The third-order valence-corrected chi connectivity index (χ3v) is 6.72. The van der Waals surface area contributed by atoms with Crippen LogP contribution in [0.1, 0.15) is 35.3 Å². The van der Waals surface area contributed by atoms with E-state index >= 15 is 0 Å². The van der Waals surface area contributed by atoms with Gasteiger partial charge in [-0.15, -0.1) is 6.58 Å². The second-order valence-electron chi connectivity index (χ2n) is 9.20. The number of hydrogen-bond donors (Lipinski definition) is 1. The molecule has 3 amide bonds. The molecule has 2 aliphatic heterocycles. The highest BCUT2D eigenvalue weighted by atomic mass is 19.1. The number of esters is 1. The van der Waals surface area contributed by atoms with Crippen LogP contribution in [-0.2, 0) is 9.53 Å². The molecule has 0 spiro atoms. The molecule has 4 rings (SSSR count). The summed E-state index contributed by atoms with van der Waals surface area (Å²) in [5.74, 6) is -0.965. The van der Waals surface area contributed by atoms with E-state index in [1.54, 1.807) is 25.1 Å². The fraction of sp³-hybridized carbons (Fsp3) is 0.345. The van der Waals surface area contributed by atoms with Gasteiger partial charge in [-0.1, -0.05) is 36.4 Å². The van der Waals surface area contributed by atoms with Crippen LogP contribution in [0.15, 0.2) is 78.5 Å². The number of ether oxygens (including phenoxy) is 1. The molecule has 2 heterocycles. The Balaban J connectivity index is 1.64. The van der Waals surface area contributed by atoms with Crippen LogP contribution in [0.3, 0.4) is 0 Å². The first kappa shape index (κ1) is 27.1. The van der Waals surface area contributed by atoms with E-state index in [9.17, 15) is 18.8 Å².